The van der Waals surface area contributed by atoms with Crippen molar-refractivity contribution in [3.8, 4) is 12.3 Å². The number of aryl methyl sites for hydroxylation is 1. The molecule has 0 heterocycles. The molecule has 0 aromatic heterocycles. The van der Waals surface area contributed by atoms with Crippen LogP contribution < -0.4 is 0 Å². The molecule has 0 spiro atoms. The molecule has 0 saturated heterocycles. The van der Waals surface area contributed by atoms with Crippen molar-refractivity contribution < 1.29 is 0 Å². The quantitative estimate of drug-likeness (QED) is 0.590. The molecular weight excluding hydrogens is 144 g/mol. The van der Waals surface area contributed by atoms with E-state index in [0.29, 0.717) is 0 Å². The highest BCUT2D eigenvalue weighted by molar-refractivity contribution is 5.51. The molecule has 0 nitrogen and oxygen atoms in total. The molecule has 1 rings (SSSR count). The molecule has 0 aliphatic carbocycles. The first kappa shape index (κ1) is 8.62. The average Bonchev–Trinajstić information content (AvgIpc) is 2.15. The minimum absolute atomic E-state index is 0.796. The van der Waals surface area contributed by atoms with Gasteiger partial charge in [0.15, 0.2) is 0 Å². The summed E-state index contributed by atoms with van der Waals surface area (Å²) in [7, 11) is 0. The van der Waals surface area contributed by atoms with E-state index in [1.165, 1.54) is 11.1 Å². The van der Waals surface area contributed by atoms with Gasteiger partial charge in [0.25, 0.3) is 0 Å². The van der Waals surface area contributed by atoms with Crippen molar-refractivity contribution >= 4 is 6.08 Å². The fourth-order valence-corrected chi connectivity index (χ4v) is 1.17. The van der Waals surface area contributed by atoms with Gasteiger partial charge in [0.05, 0.1) is 0 Å². The summed E-state index contributed by atoms with van der Waals surface area (Å²) in [5.41, 5.74) is 2.47. The predicted octanol–water partition coefficient (Wildman–Crippen LogP) is 2.90. The highest BCUT2D eigenvalue weighted by atomic mass is 14.0. The van der Waals surface area contributed by atoms with Gasteiger partial charge >= 0.3 is 0 Å². The lowest BCUT2D eigenvalue weighted by molar-refractivity contribution is 1.03. The molecule has 12 heavy (non-hydrogen) atoms. The van der Waals surface area contributed by atoms with Crippen molar-refractivity contribution in [2.75, 3.05) is 0 Å². The van der Waals surface area contributed by atoms with Gasteiger partial charge in [0, 0.05) is 6.42 Å². The topological polar surface area (TPSA) is 0 Å². The number of terminal acetylenes is 1. The Labute approximate surface area is 73.9 Å². The standard InChI is InChI=1S/C12H12/c1-3-5-8-12-10-7-6-9-11(12)4-2/h1,4,6-7,9-10H,2,5,8H2. The van der Waals surface area contributed by atoms with Gasteiger partial charge in [-0.05, 0) is 17.5 Å². The smallest absolute Gasteiger partial charge is 0.0127 e. The van der Waals surface area contributed by atoms with Gasteiger partial charge in [-0.25, -0.2) is 0 Å². The maximum Gasteiger partial charge on any atom is 0.0127 e. The van der Waals surface area contributed by atoms with E-state index in [-0.39, 0.29) is 0 Å². The first-order valence-electron chi connectivity index (χ1n) is 4.02. The summed E-state index contributed by atoms with van der Waals surface area (Å²) in [5, 5.41) is 0. The van der Waals surface area contributed by atoms with Gasteiger partial charge in [0.2, 0.25) is 0 Å². The van der Waals surface area contributed by atoms with Crippen molar-refractivity contribution in [1.82, 2.24) is 0 Å². The van der Waals surface area contributed by atoms with Crippen LogP contribution in [0.1, 0.15) is 17.5 Å². The third kappa shape index (κ3) is 2.00. The fraction of sp³-hybridized carbons (Fsp3) is 0.167. The lowest BCUT2D eigenvalue weighted by Gasteiger charge is -2.01. The van der Waals surface area contributed by atoms with Crippen LogP contribution in [-0.2, 0) is 6.42 Å². The van der Waals surface area contributed by atoms with Crippen LogP contribution in [0.15, 0.2) is 30.8 Å². The molecule has 0 unspecified atom stereocenters. The summed E-state index contributed by atoms with van der Waals surface area (Å²) in [6.07, 6.45) is 8.80. The Bertz CT molecular complexity index is 302. The van der Waals surface area contributed by atoms with Crippen LogP contribution in [0.4, 0.5) is 0 Å². The van der Waals surface area contributed by atoms with Crippen LogP contribution in [0, 0.1) is 12.3 Å². The summed E-state index contributed by atoms with van der Waals surface area (Å²) in [6.45, 7) is 3.75. The third-order valence-electron chi connectivity index (χ3n) is 1.81. The summed E-state index contributed by atoms with van der Waals surface area (Å²) >= 11 is 0. The molecule has 0 saturated carbocycles. The van der Waals surface area contributed by atoms with Crippen LogP contribution in [-0.4, -0.2) is 0 Å². The fourth-order valence-electron chi connectivity index (χ4n) is 1.17. The molecule has 0 atom stereocenters. The van der Waals surface area contributed by atoms with Gasteiger partial charge in [0.1, 0.15) is 0 Å². The van der Waals surface area contributed by atoms with E-state index in [1.54, 1.807) is 0 Å². The Morgan fingerprint density at radius 2 is 2.17 bits per heavy atom. The molecule has 0 radical (unpaired) electrons. The molecule has 0 bridgehead atoms. The Morgan fingerprint density at radius 1 is 1.42 bits per heavy atom. The van der Waals surface area contributed by atoms with Crippen LogP contribution in [0.25, 0.3) is 6.08 Å². The highest BCUT2D eigenvalue weighted by Gasteiger charge is 1.95. The zero-order valence-corrected chi connectivity index (χ0v) is 7.09. The Kier molecular flexibility index (Phi) is 3.17. The normalized spacial score (nSPS) is 8.92. The molecule has 0 fully saturated rings. The lowest BCUT2D eigenvalue weighted by Crippen LogP contribution is -1.87. The monoisotopic (exact) mass is 156 g/mol. The summed E-state index contributed by atoms with van der Waals surface area (Å²) in [4.78, 5) is 0. The van der Waals surface area contributed by atoms with Crippen LogP contribution in [0.2, 0.25) is 0 Å². The molecule has 1 aromatic rings. The van der Waals surface area contributed by atoms with Gasteiger partial charge in [-0.2, -0.15) is 0 Å². The van der Waals surface area contributed by atoms with Crippen LogP contribution in [0.5, 0.6) is 0 Å². The number of hydrogen-bond donors (Lipinski definition) is 0. The summed E-state index contributed by atoms with van der Waals surface area (Å²) in [5.74, 6) is 2.63. The second-order valence-corrected chi connectivity index (χ2v) is 2.61. The summed E-state index contributed by atoms with van der Waals surface area (Å²) < 4.78 is 0. The van der Waals surface area contributed by atoms with Crippen molar-refractivity contribution in [3.05, 3.63) is 42.0 Å². The zero-order valence-electron chi connectivity index (χ0n) is 7.09. The highest BCUT2D eigenvalue weighted by Crippen LogP contribution is 2.11. The van der Waals surface area contributed by atoms with Crippen LogP contribution in [0.3, 0.4) is 0 Å². The molecule has 0 aliphatic rings. The minimum atomic E-state index is 0.796. The molecule has 1 aromatic carbocycles. The molecule has 0 heteroatoms. The van der Waals surface area contributed by atoms with Crippen molar-refractivity contribution in [1.29, 1.82) is 0 Å². The molecule has 0 aliphatic heterocycles. The Balaban J connectivity index is 2.83. The number of hydrogen-bond acceptors (Lipinski definition) is 0. The Morgan fingerprint density at radius 3 is 2.83 bits per heavy atom. The molecule has 0 N–H and O–H groups in total. The molecular formula is C12H12. The first-order valence-corrected chi connectivity index (χ1v) is 4.02. The molecule has 0 amide bonds. The van der Waals surface area contributed by atoms with E-state index in [4.69, 9.17) is 6.42 Å². The predicted molar refractivity (Wildman–Crippen MR) is 53.7 cm³/mol. The molecule has 60 valence electrons. The largest absolute Gasteiger partial charge is 0.120 e. The van der Waals surface area contributed by atoms with E-state index < -0.39 is 0 Å². The third-order valence-corrected chi connectivity index (χ3v) is 1.81. The van der Waals surface area contributed by atoms with Crippen molar-refractivity contribution in [3.63, 3.8) is 0 Å². The SMILES string of the molecule is C#CCCc1ccccc1C=C. The number of benzene rings is 1. The summed E-state index contributed by atoms with van der Waals surface area (Å²) in [6, 6.07) is 8.18. The van der Waals surface area contributed by atoms with Crippen LogP contribution >= 0.6 is 0 Å². The maximum absolute atomic E-state index is 5.19. The van der Waals surface area contributed by atoms with E-state index in [9.17, 15) is 0 Å². The van der Waals surface area contributed by atoms with E-state index in [0.717, 1.165) is 12.8 Å². The second kappa shape index (κ2) is 4.41. The number of rotatable bonds is 3. The van der Waals surface area contributed by atoms with Crippen molar-refractivity contribution in [2.24, 2.45) is 0 Å². The first-order chi connectivity index (χ1) is 5.88. The lowest BCUT2D eigenvalue weighted by atomic mass is 10.0. The second-order valence-electron chi connectivity index (χ2n) is 2.61. The zero-order chi connectivity index (χ0) is 8.81. The van der Waals surface area contributed by atoms with E-state index >= 15 is 0 Å². The van der Waals surface area contributed by atoms with Crippen molar-refractivity contribution in [2.45, 2.75) is 12.8 Å². The minimum Gasteiger partial charge on any atom is -0.120 e. The van der Waals surface area contributed by atoms with Gasteiger partial charge < -0.3 is 0 Å². The van der Waals surface area contributed by atoms with E-state index in [2.05, 4.69) is 24.6 Å². The van der Waals surface area contributed by atoms with E-state index in [1.807, 2.05) is 18.2 Å². The van der Waals surface area contributed by atoms with Gasteiger partial charge in [-0.15, -0.1) is 12.3 Å². The van der Waals surface area contributed by atoms with Gasteiger partial charge in [-0.1, -0.05) is 36.9 Å². The maximum atomic E-state index is 5.19. The Hall–Kier alpha value is -1.48. The average molecular weight is 156 g/mol. The van der Waals surface area contributed by atoms with Gasteiger partial charge in [-0.3, -0.25) is 0 Å².